The molecule has 7 heteroatoms. The normalized spacial score (nSPS) is 14.2. The summed E-state index contributed by atoms with van der Waals surface area (Å²) in [6, 6.07) is 16.1. The third-order valence-electron chi connectivity index (χ3n) is 5.33. The zero-order valence-corrected chi connectivity index (χ0v) is 18.0. The van der Waals surface area contributed by atoms with Crippen LogP contribution in [0.25, 0.3) is 11.0 Å². The molecule has 0 aliphatic carbocycles. The molecule has 4 rings (SSSR count). The zero-order valence-electron chi connectivity index (χ0n) is 17.2. The van der Waals surface area contributed by atoms with Crippen LogP contribution in [0.2, 0.25) is 0 Å². The smallest absolute Gasteiger partial charge is 0.233 e. The summed E-state index contributed by atoms with van der Waals surface area (Å²) < 4.78 is 7.34. The van der Waals surface area contributed by atoms with Gasteiger partial charge in [0.25, 0.3) is 0 Å². The van der Waals surface area contributed by atoms with Crippen molar-refractivity contribution in [2.75, 3.05) is 43.9 Å². The first-order chi connectivity index (χ1) is 14.7. The van der Waals surface area contributed by atoms with Crippen LogP contribution in [0.1, 0.15) is 0 Å². The summed E-state index contributed by atoms with van der Waals surface area (Å²) in [4.78, 5) is 21.8. The van der Waals surface area contributed by atoms with Crippen LogP contribution in [-0.4, -0.2) is 59.4 Å². The van der Waals surface area contributed by atoms with Gasteiger partial charge in [-0.3, -0.25) is 4.79 Å². The van der Waals surface area contributed by atoms with E-state index >= 15 is 0 Å². The van der Waals surface area contributed by atoms with Gasteiger partial charge in [0.15, 0.2) is 5.16 Å². The highest BCUT2D eigenvalue weighted by atomic mass is 32.2. The van der Waals surface area contributed by atoms with Crippen molar-refractivity contribution >= 4 is 34.4 Å². The fraction of sp³-hybridized carbons (Fsp3) is 0.304. The second-order valence-corrected chi connectivity index (χ2v) is 8.08. The van der Waals surface area contributed by atoms with Crippen LogP contribution in [-0.2, 0) is 11.3 Å². The molecule has 1 aliphatic rings. The number of hydrogen-bond acceptors (Lipinski definition) is 5. The number of thioether (sulfide) groups is 1. The summed E-state index contributed by atoms with van der Waals surface area (Å²) in [5.41, 5.74) is 3.18. The van der Waals surface area contributed by atoms with Crippen molar-refractivity contribution in [3.63, 3.8) is 0 Å². The first-order valence-corrected chi connectivity index (χ1v) is 11.0. The average molecular weight is 423 g/mol. The van der Waals surface area contributed by atoms with Crippen LogP contribution in [0.5, 0.6) is 5.75 Å². The molecule has 2 heterocycles. The van der Waals surface area contributed by atoms with E-state index in [9.17, 15) is 4.79 Å². The predicted molar refractivity (Wildman–Crippen MR) is 122 cm³/mol. The van der Waals surface area contributed by atoms with Gasteiger partial charge in [0.1, 0.15) is 5.75 Å². The summed E-state index contributed by atoms with van der Waals surface area (Å²) >= 11 is 1.50. The number of benzene rings is 2. The average Bonchev–Trinajstić information content (AvgIpc) is 3.15. The van der Waals surface area contributed by atoms with Crippen LogP contribution in [0.15, 0.2) is 66.3 Å². The first-order valence-electron chi connectivity index (χ1n) is 10.1. The summed E-state index contributed by atoms with van der Waals surface area (Å²) in [7, 11) is 1.67. The van der Waals surface area contributed by atoms with Crippen LogP contribution in [0, 0.1) is 0 Å². The Morgan fingerprint density at radius 2 is 1.87 bits per heavy atom. The van der Waals surface area contributed by atoms with E-state index in [1.165, 1.54) is 11.8 Å². The van der Waals surface area contributed by atoms with E-state index in [0.717, 1.165) is 53.8 Å². The van der Waals surface area contributed by atoms with Crippen molar-refractivity contribution in [3.05, 3.63) is 61.2 Å². The number of imidazole rings is 1. The maximum absolute atomic E-state index is 12.8. The maximum Gasteiger partial charge on any atom is 0.233 e. The van der Waals surface area contributed by atoms with Crippen molar-refractivity contribution in [1.29, 1.82) is 0 Å². The van der Waals surface area contributed by atoms with Gasteiger partial charge in [0.2, 0.25) is 5.91 Å². The summed E-state index contributed by atoms with van der Waals surface area (Å²) in [6.45, 7) is 7.65. The molecular weight excluding hydrogens is 396 g/mol. The Morgan fingerprint density at radius 3 is 2.57 bits per heavy atom. The van der Waals surface area contributed by atoms with Gasteiger partial charge in [0, 0.05) is 38.4 Å². The van der Waals surface area contributed by atoms with Crippen molar-refractivity contribution in [3.8, 4) is 5.75 Å². The molecule has 0 radical (unpaired) electrons. The molecular formula is C23H26N4O2S. The predicted octanol–water partition coefficient (Wildman–Crippen LogP) is 3.67. The lowest BCUT2D eigenvalue weighted by Crippen LogP contribution is -2.49. The van der Waals surface area contributed by atoms with E-state index in [1.54, 1.807) is 7.11 Å². The molecule has 6 nitrogen and oxygen atoms in total. The minimum absolute atomic E-state index is 0.159. The van der Waals surface area contributed by atoms with Crippen molar-refractivity contribution in [2.24, 2.45) is 0 Å². The SMILES string of the molecule is C=CCn1c(SCC(=O)N2CCN(c3ccc(OC)cc3)CC2)nc2ccccc21. The standard InChI is InChI=1S/C23H26N4O2S/c1-3-12-27-21-7-5-4-6-20(21)24-23(27)30-17-22(28)26-15-13-25(14-16-26)18-8-10-19(29-2)11-9-18/h3-11H,1,12-17H2,2H3. The van der Waals surface area contributed by atoms with Crippen LogP contribution in [0.4, 0.5) is 5.69 Å². The molecule has 0 unspecified atom stereocenters. The van der Waals surface area contributed by atoms with Gasteiger partial charge in [-0.05, 0) is 36.4 Å². The second kappa shape index (κ2) is 9.26. The van der Waals surface area contributed by atoms with Gasteiger partial charge >= 0.3 is 0 Å². The third kappa shape index (κ3) is 4.31. The van der Waals surface area contributed by atoms with Crippen LogP contribution in [0.3, 0.4) is 0 Å². The van der Waals surface area contributed by atoms with Gasteiger partial charge in [-0.15, -0.1) is 6.58 Å². The first kappa shape index (κ1) is 20.3. The van der Waals surface area contributed by atoms with E-state index in [0.29, 0.717) is 12.3 Å². The molecule has 1 saturated heterocycles. The number of carbonyl (C=O) groups excluding carboxylic acids is 1. The number of aromatic nitrogens is 2. The van der Waals surface area contributed by atoms with E-state index in [1.807, 2.05) is 41.3 Å². The molecule has 2 aromatic carbocycles. The Labute approximate surface area is 181 Å². The number of para-hydroxylation sites is 2. The van der Waals surface area contributed by atoms with E-state index < -0.39 is 0 Å². The molecule has 0 bridgehead atoms. The van der Waals surface area contributed by atoms with Crippen molar-refractivity contribution < 1.29 is 9.53 Å². The van der Waals surface area contributed by atoms with Gasteiger partial charge < -0.3 is 19.1 Å². The molecule has 0 spiro atoms. The number of rotatable bonds is 7. The highest BCUT2D eigenvalue weighted by Gasteiger charge is 2.22. The topological polar surface area (TPSA) is 50.6 Å². The van der Waals surface area contributed by atoms with Gasteiger partial charge in [-0.1, -0.05) is 30.0 Å². The van der Waals surface area contributed by atoms with Gasteiger partial charge in [-0.2, -0.15) is 0 Å². The van der Waals surface area contributed by atoms with Crippen molar-refractivity contribution in [1.82, 2.24) is 14.5 Å². The molecule has 0 N–H and O–H groups in total. The Hall–Kier alpha value is -2.93. The van der Waals surface area contributed by atoms with Gasteiger partial charge in [-0.25, -0.2) is 4.98 Å². The minimum atomic E-state index is 0.159. The van der Waals surface area contributed by atoms with E-state index in [2.05, 4.69) is 34.2 Å². The molecule has 0 saturated carbocycles. The Bertz CT molecular complexity index is 1020. The number of ether oxygens (including phenoxy) is 1. The lowest BCUT2D eigenvalue weighted by molar-refractivity contribution is -0.128. The lowest BCUT2D eigenvalue weighted by Gasteiger charge is -2.36. The fourth-order valence-electron chi connectivity index (χ4n) is 3.69. The molecule has 1 fully saturated rings. The number of hydrogen-bond donors (Lipinski definition) is 0. The summed E-state index contributed by atoms with van der Waals surface area (Å²) in [5, 5.41) is 0.862. The Morgan fingerprint density at radius 1 is 1.13 bits per heavy atom. The van der Waals surface area contributed by atoms with Crippen LogP contribution < -0.4 is 9.64 Å². The third-order valence-corrected chi connectivity index (χ3v) is 6.29. The molecule has 1 aromatic heterocycles. The largest absolute Gasteiger partial charge is 0.497 e. The Kier molecular flexibility index (Phi) is 6.28. The Balaban J connectivity index is 1.34. The number of piperazine rings is 1. The van der Waals surface area contributed by atoms with E-state index in [4.69, 9.17) is 9.72 Å². The quantitative estimate of drug-likeness (QED) is 0.430. The highest BCUT2D eigenvalue weighted by molar-refractivity contribution is 7.99. The highest BCUT2D eigenvalue weighted by Crippen LogP contribution is 2.25. The number of nitrogens with zero attached hydrogens (tertiary/aromatic N) is 4. The van der Waals surface area contributed by atoms with Crippen molar-refractivity contribution in [2.45, 2.75) is 11.7 Å². The fourth-order valence-corrected chi connectivity index (χ4v) is 4.62. The minimum Gasteiger partial charge on any atom is -0.497 e. The zero-order chi connectivity index (χ0) is 20.9. The van der Waals surface area contributed by atoms with Gasteiger partial charge in [0.05, 0.1) is 23.9 Å². The lowest BCUT2D eigenvalue weighted by atomic mass is 10.2. The van der Waals surface area contributed by atoms with E-state index in [-0.39, 0.29) is 5.91 Å². The molecule has 3 aromatic rings. The maximum atomic E-state index is 12.8. The number of amides is 1. The molecule has 1 amide bonds. The molecule has 0 atom stereocenters. The summed E-state index contributed by atoms with van der Waals surface area (Å²) in [5.74, 6) is 1.40. The number of methoxy groups -OCH3 is 1. The van der Waals surface area contributed by atoms with Crippen LogP contribution >= 0.6 is 11.8 Å². The molecule has 156 valence electrons. The molecule has 1 aliphatic heterocycles. The number of carbonyl (C=O) groups is 1. The number of allylic oxidation sites excluding steroid dienone is 1. The monoisotopic (exact) mass is 422 g/mol. The number of fused-ring (bicyclic) bond motifs is 1. The molecule has 30 heavy (non-hydrogen) atoms. The summed E-state index contributed by atoms with van der Waals surface area (Å²) in [6.07, 6.45) is 1.86. The number of anilines is 1. The second-order valence-electron chi connectivity index (χ2n) is 7.14.